The molecule has 2 aromatic heterocycles. The molecule has 1 aromatic carbocycles. The first kappa shape index (κ1) is 13.4. The molecule has 0 bridgehead atoms. The standard InChI is InChI=1S/C15H17N5O/c1-4-16-13-8-20(3)15(19-13)14-17-11-6-5-10(9(2)21)7-12(11)18-14/h5-8,16H,4H2,1-3H3,(H,17,18). The zero-order valence-corrected chi connectivity index (χ0v) is 12.3. The number of nitrogens with zero attached hydrogens (tertiary/aromatic N) is 3. The molecule has 2 heterocycles. The zero-order chi connectivity index (χ0) is 15.0. The molecule has 0 aliphatic carbocycles. The molecule has 0 saturated heterocycles. The van der Waals surface area contributed by atoms with Gasteiger partial charge in [0, 0.05) is 25.4 Å². The fraction of sp³-hybridized carbons (Fsp3) is 0.267. The number of aryl methyl sites for hydroxylation is 1. The third kappa shape index (κ3) is 2.40. The van der Waals surface area contributed by atoms with Gasteiger partial charge in [-0.15, -0.1) is 0 Å². The summed E-state index contributed by atoms with van der Waals surface area (Å²) in [5.41, 5.74) is 2.33. The van der Waals surface area contributed by atoms with Gasteiger partial charge in [0.25, 0.3) is 0 Å². The summed E-state index contributed by atoms with van der Waals surface area (Å²) in [4.78, 5) is 23.7. The maximum absolute atomic E-state index is 11.4. The van der Waals surface area contributed by atoms with E-state index >= 15 is 0 Å². The number of Topliss-reactive ketones (excluding diaryl/α,β-unsaturated/α-hetero) is 1. The Bertz CT molecular complexity index is 815. The van der Waals surface area contributed by atoms with Crippen molar-refractivity contribution in [2.24, 2.45) is 7.05 Å². The van der Waals surface area contributed by atoms with Crippen LogP contribution in [0.2, 0.25) is 0 Å². The molecule has 0 saturated carbocycles. The van der Waals surface area contributed by atoms with Crippen molar-refractivity contribution in [1.82, 2.24) is 19.5 Å². The van der Waals surface area contributed by atoms with Gasteiger partial charge in [-0.2, -0.15) is 0 Å². The summed E-state index contributed by atoms with van der Waals surface area (Å²) < 4.78 is 1.92. The van der Waals surface area contributed by atoms with Crippen LogP contribution in [0.15, 0.2) is 24.4 Å². The maximum atomic E-state index is 11.4. The van der Waals surface area contributed by atoms with Gasteiger partial charge in [0.1, 0.15) is 5.82 Å². The fourth-order valence-corrected chi connectivity index (χ4v) is 2.29. The number of fused-ring (bicyclic) bond motifs is 1. The highest BCUT2D eigenvalue weighted by Crippen LogP contribution is 2.22. The predicted octanol–water partition coefficient (Wildman–Crippen LogP) is 2.60. The van der Waals surface area contributed by atoms with Crippen LogP contribution >= 0.6 is 0 Å². The molecule has 0 radical (unpaired) electrons. The van der Waals surface area contributed by atoms with Crippen molar-refractivity contribution in [3.05, 3.63) is 30.0 Å². The quantitative estimate of drug-likeness (QED) is 0.722. The smallest absolute Gasteiger partial charge is 0.178 e. The first-order valence-corrected chi connectivity index (χ1v) is 6.86. The Labute approximate surface area is 122 Å². The Hall–Kier alpha value is -2.63. The van der Waals surface area contributed by atoms with E-state index in [9.17, 15) is 4.79 Å². The number of H-pyrrole nitrogens is 1. The molecular weight excluding hydrogens is 266 g/mol. The number of hydrogen-bond acceptors (Lipinski definition) is 4. The van der Waals surface area contributed by atoms with E-state index in [1.54, 1.807) is 13.0 Å². The summed E-state index contributed by atoms with van der Waals surface area (Å²) in [5.74, 6) is 2.31. The fourth-order valence-electron chi connectivity index (χ4n) is 2.29. The highest BCUT2D eigenvalue weighted by Gasteiger charge is 2.12. The molecule has 6 nitrogen and oxygen atoms in total. The van der Waals surface area contributed by atoms with Gasteiger partial charge in [0.05, 0.1) is 11.0 Å². The first-order chi connectivity index (χ1) is 10.1. The lowest BCUT2D eigenvalue weighted by Crippen LogP contribution is -1.95. The Balaban J connectivity index is 2.06. The molecule has 3 aromatic rings. The van der Waals surface area contributed by atoms with Crippen molar-refractivity contribution < 1.29 is 4.79 Å². The van der Waals surface area contributed by atoms with Crippen LogP contribution in [0.4, 0.5) is 5.82 Å². The predicted molar refractivity (Wildman–Crippen MR) is 82.5 cm³/mol. The number of benzene rings is 1. The number of carbonyl (C=O) groups is 1. The molecule has 0 aliphatic heterocycles. The largest absolute Gasteiger partial charge is 0.369 e. The second-order valence-corrected chi connectivity index (χ2v) is 4.96. The average molecular weight is 283 g/mol. The van der Waals surface area contributed by atoms with E-state index in [0.29, 0.717) is 11.4 Å². The molecule has 3 rings (SSSR count). The van der Waals surface area contributed by atoms with Gasteiger partial charge in [-0.25, -0.2) is 9.97 Å². The molecular formula is C15H17N5O. The zero-order valence-electron chi connectivity index (χ0n) is 12.3. The average Bonchev–Trinajstić information content (AvgIpc) is 3.01. The third-order valence-electron chi connectivity index (χ3n) is 3.33. The number of aromatic amines is 1. The lowest BCUT2D eigenvalue weighted by atomic mass is 10.1. The molecule has 0 aliphatic rings. The summed E-state index contributed by atoms with van der Waals surface area (Å²) in [7, 11) is 1.93. The van der Waals surface area contributed by atoms with Crippen molar-refractivity contribution in [3.63, 3.8) is 0 Å². The number of imidazole rings is 2. The van der Waals surface area contributed by atoms with Crippen molar-refractivity contribution in [2.45, 2.75) is 13.8 Å². The van der Waals surface area contributed by atoms with Crippen molar-refractivity contribution in [1.29, 1.82) is 0 Å². The Kier molecular flexibility index (Phi) is 3.21. The summed E-state index contributed by atoms with van der Waals surface area (Å²) >= 11 is 0. The molecule has 0 spiro atoms. The van der Waals surface area contributed by atoms with Gasteiger partial charge in [0.2, 0.25) is 0 Å². The Morgan fingerprint density at radius 1 is 1.38 bits per heavy atom. The van der Waals surface area contributed by atoms with Gasteiger partial charge in [-0.3, -0.25) is 4.79 Å². The van der Waals surface area contributed by atoms with Crippen LogP contribution in [0.3, 0.4) is 0 Å². The highest BCUT2D eigenvalue weighted by molar-refractivity contribution is 5.97. The number of hydrogen-bond donors (Lipinski definition) is 2. The first-order valence-electron chi connectivity index (χ1n) is 6.86. The number of ketones is 1. The Morgan fingerprint density at radius 3 is 2.90 bits per heavy atom. The molecule has 0 fully saturated rings. The normalized spacial score (nSPS) is 11.0. The second kappa shape index (κ2) is 5.05. The molecule has 0 atom stereocenters. The summed E-state index contributed by atoms with van der Waals surface area (Å²) in [6.07, 6.45) is 1.92. The number of aromatic nitrogens is 4. The molecule has 21 heavy (non-hydrogen) atoms. The monoisotopic (exact) mass is 283 g/mol. The second-order valence-electron chi connectivity index (χ2n) is 4.96. The molecule has 2 N–H and O–H groups in total. The summed E-state index contributed by atoms with van der Waals surface area (Å²) in [6.45, 7) is 4.40. The van der Waals surface area contributed by atoms with E-state index < -0.39 is 0 Å². The van der Waals surface area contributed by atoms with E-state index in [2.05, 4.69) is 20.3 Å². The van der Waals surface area contributed by atoms with Crippen LogP contribution in [-0.4, -0.2) is 31.8 Å². The summed E-state index contributed by atoms with van der Waals surface area (Å²) in [5, 5.41) is 3.18. The molecule has 6 heteroatoms. The van der Waals surface area contributed by atoms with Gasteiger partial charge >= 0.3 is 0 Å². The topological polar surface area (TPSA) is 75.6 Å². The minimum absolute atomic E-state index is 0.0412. The number of anilines is 1. The number of nitrogens with one attached hydrogen (secondary N) is 2. The molecule has 0 amide bonds. The lowest BCUT2D eigenvalue weighted by molar-refractivity contribution is 0.101. The van der Waals surface area contributed by atoms with Crippen LogP contribution in [0.1, 0.15) is 24.2 Å². The SMILES string of the molecule is CCNc1cn(C)c(-c2nc3ccc(C(C)=O)cc3[nH]2)n1. The van der Waals surface area contributed by atoms with Crippen LogP contribution in [0, 0.1) is 0 Å². The maximum Gasteiger partial charge on any atom is 0.178 e. The molecule has 108 valence electrons. The van der Waals surface area contributed by atoms with Crippen LogP contribution in [0.25, 0.3) is 22.7 Å². The van der Waals surface area contributed by atoms with E-state index in [4.69, 9.17) is 0 Å². The lowest BCUT2D eigenvalue weighted by Gasteiger charge is -1.95. The van der Waals surface area contributed by atoms with Gasteiger partial charge in [-0.1, -0.05) is 0 Å². The number of carbonyl (C=O) groups excluding carboxylic acids is 1. The van der Waals surface area contributed by atoms with Gasteiger partial charge in [0.15, 0.2) is 17.4 Å². The number of rotatable bonds is 4. The van der Waals surface area contributed by atoms with Crippen LogP contribution in [-0.2, 0) is 7.05 Å². The van der Waals surface area contributed by atoms with E-state index in [0.717, 1.165) is 29.2 Å². The van der Waals surface area contributed by atoms with Crippen molar-refractivity contribution >= 4 is 22.6 Å². The highest BCUT2D eigenvalue weighted by atomic mass is 16.1. The van der Waals surface area contributed by atoms with Gasteiger partial charge in [-0.05, 0) is 32.0 Å². The minimum atomic E-state index is 0.0412. The van der Waals surface area contributed by atoms with Gasteiger partial charge < -0.3 is 14.9 Å². The van der Waals surface area contributed by atoms with E-state index in [1.165, 1.54) is 0 Å². The summed E-state index contributed by atoms with van der Waals surface area (Å²) in [6, 6.07) is 5.46. The minimum Gasteiger partial charge on any atom is -0.369 e. The Morgan fingerprint density at radius 2 is 2.19 bits per heavy atom. The van der Waals surface area contributed by atoms with Crippen molar-refractivity contribution in [3.8, 4) is 11.6 Å². The van der Waals surface area contributed by atoms with E-state index in [1.807, 2.05) is 36.9 Å². The molecule has 0 unspecified atom stereocenters. The van der Waals surface area contributed by atoms with E-state index in [-0.39, 0.29) is 5.78 Å². The van der Waals surface area contributed by atoms with Crippen LogP contribution < -0.4 is 5.32 Å². The van der Waals surface area contributed by atoms with Crippen LogP contribution in [0.5, 0.6) is 0 Å². The third-order valence-corrected chi connectivity index (χ3v) is 3.33. The van der Waals surface area contributed by atoms with Crippen molar-refractivity contribution in [2.75, 3.05) is 11.9 Å².